The number of nitrogens with one attached hydrogen (secondary N) is 2. The number of anilines is 2. The van der Waals surface area contributed by atoms with Crippen LogP contribution in [0, 0.1) is 0 Å². The molecule has 72 valence electrons. The smallest absolute Gasteiger partial charge is 0.299 e. The molecule has 0 fully saturated rings. The van der Waals surface area contributed by atoms with E-state index >= 15 is 0 Å². The van der Waals surface area contributed by atoms with Crippen molar-refractivity contribution in [3.05, 3.63) is 35.0 Å². The van der Waals surface area contributed by atoms with Gasteiger partial charge in [-0.1, -0.05) is 0 Å². The molecular weight excluding hydrogens is 216 g/mol. The maximum atomic E-state index is 11.4. The van der Waals surface area contributed by atoms with Crippen LogP contribution in [0.1, 0.15) is 0 Å². The van der Waals surface area contributed by atoms with Crippen LogP contribution in [-0.4, -0.2) is 6.03 Å². The SMILES string of the molecule is O=C(Nc1cccs1)Nc1cccs1. The standard InChI is InChI=1S/C9H8N2OS2/c12-9(10-7-3-1-5-13-7)11-8-4-2-6-14-8/h1-6H,(H2,10,11,12). The van der Waals surface area contributed by atoms with Crippen LogP contribution >= 0.6 is 22.7 Å². The zero-order valence-electron chi connectivity index (χ0n) is 7.19. The van der Waals surface area contributed by atoms with Gasteiger partial charge in [-0.05, 0) is 35.0 Å². The number of thiophene rings is 2. The van der Waals surface area contributed by atoms with Gasteiger partial charge in [0.05, 0.1) is 10.0 Å². The Morgan fingerprint density at radius 2 is 1.50 bits per heavy atom. The number of rotatable bonds is 2. The first-order valence-electron chi connectivity index (χ1n) is 3.99. The third-order valence-corrected chi connectivity index (χ3v) is 3.09. The average Bonchev–Trinajstić information content (AvgIpc) is 2.76. The van der Waals surface area contributed by atoms with E-state index in [-0.39, 0.29) is 6.03 Å². The molecule has 0 spiro atoms. The number of hydrogen-bond donors (Lipinski definition) is 2. The Morgan fingerprint density at radius 3 is 1.86 bits per heavy atom. The quantitative estimate of drug-likeness (QED) is 0.806. The van der Waals surface area contributed by atoms with Crippen LogP contribution in [0.5, 0.6) is 0 Å². The highest BCUT2D eigenvalue weighted by Crippen LogP contribution is 2.17. The predicted molar refractivity (Wildman–Crippen MR) is 61.3 cm³/mol. The highest BCUT2D eigenvalue weighted by atomic mass is 32.1. The van der Waals surface area contributed by atoms with E-state index in [1.165, 1.54) is 22.7 Å². The van der Waals surface area contributed by atoms with Gasteiger partial charge in [0.25, 0.3) is 0 Å². The largest absolute Gasteiger partial charge is 0.324 e. The maximum absolute atomic E-state index is 11.4. The second-order valence-electron chi connectivity index (χ2n) is 2.53. The lowest BCUT2D eigenvalue weighted by Gasteiger charge is -2.02. The Balaban J connectivity index is 1.91. The van der Waals surface area contributed by atoms with Gasteiger partial charge in [-0.25, -0.2) is 4.79 Å². The summed E-state index contributed by atoms with van der Waals surface area (Å²) in [6.07, 6.45) is 0. The van der Waals surface area contributed by atoms with Crippen LogP contribution in [0.4, 0.5) is 14.8 Å². The summed E-state index contributed by atoms with van der Waals surface area (Å²) < 4.78 is 0. The minimum atomic E-state index is -0.199. The Hall–Kier alpha value is -1.33. The van der Waals surface area contributed by atoms with Gasteiger partial charge in [0, 0.05) is 0 Å². The summed E-state index contributed by atoms with van der Waals surface area (Å²) in [6, 6.07) is 7.31. The molecule has 2 rings (SSSR count). The first kappa shape index (κ1) is 9.23. The third-order valence-electron chi connectivity index (χ3n) is 1.52. The van der Waals surface area contributed by atoms with E-state index in [0.717, 1.165) is 10.0 Å². The van der Waals surface area contributed by atoms with E-state index in [0.29, 0.717) is 0 Å². The molecule has 0 aliphatic heterocycles. The lowest BCUT2D eigenvalue weighted by molar-refractivity contribution is 0.262. The fraction of sp³-hybridized carbons (Fsp3) is 0. The maximum Gasteiger partial charge on any atom is 0.324 e. The van der Waals surface area contributed by atoms with Crippen LogP contribution in [-0.2, 0) is 0 Å². The van der Waals surface area contributed by atoms with Crippen molar-refractivity contribution in [2.45, 2.75) is 0 Å². The molecule has 0 radical (unpaired) electrons. The van der Waals surface area contributed by atoms with Gasteiger partial charge in [-0.3, -0.25) is 10.6 Å². The lowest BCUT2D eigenvalue weighted by Crippen LogP contribution is -2.17. The molecule has 0 aromatic carbocycles. The predicted octanol–water partition coefficient (Wildman–Crippen LogP) is 3.45. The van der Waals surface area contributed by atoms with E-state index in [2.05, 4.69) is 10.6 Å². The van der Waals surface area contributed by atoms with Crippen molar-refractivity contribution in [2.24, 2.45) is 0 Å². The van der Waals surface area contributed by atoms with Crippen LogP contribution < -0.4 is 10.6 Å². The number of carbonyl (C=O) groups excluding carboxylic acids is 1. The molecule has 3 nitrogen and oxygen atoms in total. The summed E-state index contributed by atoms with van der Waals surface area (Å²) >= 11 is 2.99. The zero-order chi connectivity index (χ0) is 9.80. The molecule has 0 aliphatic carbocycles. The van der Waals surface area contributed by atoms with Gasteiger partial charge >= 0.3 is 6.03 Å². The Labute approximate surface area is 89.4 Å². The van der Waals surface area contributed by atoms with Crippen LogP contribution in [0.25, 0.3) is 0 Å². The minimum absolute atomic E-state index is 0.199. The van der Waals surface area contributed by atoms with E-state index < -0.39 is 0 Å². The van der Waals surface area contributed by atoms with Crippen molar-refractivity contribution < 1.29 is 4.79 Å². The topological polar surface area (TPSA) is 41.1 Å². The van der Waals surface area contributed by atoms with Crippen LogP contribution in [0.15, 0.2) is 35.0 Å². The summed E-state index contributed by atoms with van der Waals surface area (Å²) in [6.45, 7) is 0. The van der Waals surface area contributed by atoms with Crippen LogP contribution in [0.3, 0.4) is 0 Å². The first-order chi connectivity index (χ1) is 6.84. The zero-order valence-corrected chi connectivity index (χ0v) is 8.82. The van der Waals surface area contributed by atoms with Gasteiger partial charge in [-0.15, -0.1) is 22.7 Å². The molecule has 0 saturated carbocycles. The number of urea groups is 1. The summed E-state index contributed by atoms with van der Waals surface area (Å²) in [5.41, 5.74) is 0. The Bertz CT molecular complexity index is 356. The van der Waals surface area contributed by atoms with Gasteiger partial charge in [-0.2, -0.15) is 0 Å². The summed E-state index contributed by atoms with van der Waals surface area (Å²) in [5.74, 6) is 0. The number of hydrogen-bond acceptors (Lipinski definition) is 3. The molecular formula is C9H8N2OS2. The Kier molecular flexibility index (Phi) is 2.81. The van der Waals surface area contributed by atoms with Crippen LogP contribution in [0.2, 0.25) is 0 Å². The molecule has 2 N–H and O–H groups in total. The minimum Gasteiger partial charge on any atom is -0.299 e. The molecule has 14 heavy (non-hydrogen) atoms. The average molecular weight is 224 g/mol. The molecule has 0 unspecified atom stereocenters. The Morgan fingerprint density at radius 1 is 1.00 bits per heavy atom. The lowest BCUT2D eigenvalue weighted by atomic mass is 10.6. The van der Waals surface area contributed by atoms with Gasteiger partial charge < -0.3 is 0 Å². The molecule has 0 atom stereocenters. The molecule has 2 aromatic rings. The molecule has 0 aliphatic rings. The van der Waals surface area contributed by atoms with Gasteiger partial charge in [0.15, 0.2) is 0 Å². The first-order valence-corrected chi connectivity index (χ1v) is 5.75. The number of amides is 2. The van der Waals surface area contributed by atoms with E-state index in [1.807, 2.05) is 35.0 Å². The second-order valence-corrected chi connectivity index (χ2v) is 4.43. The molecule has 2 amide bonds. The van der Waals surface area contributed by atoms with E-state index in [4.69, 9.17) is 0 Å². The number of carbonyl (C=O) groups is 1. The van der Waals surface area contributed by atoms with Crippen molar-refractivity contribution in [3.8, 4) is 0 Å². The fourth-order valence-electron chi connectivity index (χ4n) is 0.954. The van der Waals surface area contributed by atoms with Crippen molar-refractivity contribution in [1.29, 1.82) is 0 Å². The fourth-order valence-corrected chi connectivity index (χ4v) is 2.18. The van der Waals surface area contributed by atoms with Crippen molar-refractivity contribution in [2.75, 3.05) is 10.6 Å². The monoisotopic (exact) mass is 224 g/mol. The normalized spacial score (nSPS) is 9.71. The third kappa shape index (κ3) is 2.34. The molecule has 0 saturated heterocycles. The highest BCUT2D eigenvalue weighted by Gasteiger charge is 2.02. The van der Waals surface area contributed by atoms with E-state index in [1.54, 1.807) is 0 Å². The van der Waals surface area contributed by atoms with Crippen molar-refractivity contribution in [1.82, 2.24) is 0 Å². The molecule has 2 aromatic heterocycles. The molecule has 5 heteroatoms. The second kappa shape index (κ2) is 4.26. The van der Waals surface area contributed by atoms with Gasteiger partial charge in [0.1, 0.15) is 0 Å². The van der Waals surface area contributed by atoms with Crippen molar-refractivity contribution >= 4 is 38.7 Å². The van der Waals surface area contributed by atoms with Gasteiger partial charge in [0.2, 0.25) is 0 Å². The summed E-state index contributed by atoms with van der Waals surface area (Å²) in [5, 5.41) is 11.0. The summed E-state index contributed by atoms with van der Waals surface area (Å²) in [4.78, 5) is 11.4. The summed E-state index contributed by atoms with van der Waals surface area (Å²) in [7, 11) is 0. The highest BCUT2D eigenvalue weighted by molar-refractivity contribution is 7.14. The van der Waals surface area contributed by atoms with Crippen molar-refractivity contribution in [3.63, 3.8) is 0 Å². The van der Waals surface area contributed by atoms with E-state index in [9.17, 15) is 4.79 Å². The molecule has 0 bridgehead atoms. The molecule has 2 heterocycles.